The Morgan fingerprint density at radius 1 is 1.08 bits per heavy atom. The molecule has 0 unspecified atom stereocenters. The molecule has 0 radical (unpaired) electrons. The molecule has 1 N–H and O–H groups in total. The van der Waals surface area contributed by atoms with Crippen molar-refractivity contribution in [2.45, 2.75) is 33.1 Å². The number of carbonyl (C=O) groups is 2. The first-order chi connectivity index (χ1) is 12.5. The number of nitrogens with one attached hydrogen (secondary N) is 1. The minimum atomic E-state index is 0.00239. The van der Waals surface area contributed by atoms with Gasteiger partial charge in [-0.3, -0.25) is 9.59 Å². The molecular weight excluding hydrogens is 326 g/mol. The van der Waals surface area contributed by atoms with Crippen molar-refractivity contribution in [1.29, 1.82) is 0 Å². The summed E-state index contributed by atoms with van der Waals surface area (Å²) in [5, 5.41) is 0. The highest BCUT2D eigenvalue weighted by atomic mass is 16.2. The molecule has 1 aromatic heterocycles. The second kappa shape index (κ2) is 7.77. The summed E-state index contributed by atoms with van der Waals surface area (Å²) in [6.07, 6.45) is 2.18. The summed E-state index contributed by atoms with van der Waals surface area (Å²) in [5.74, 6) is 0.593. The van der Waals surface area contributed by atoms with Crippen LogP contribution in [0.5, 0.6) is 0 Å². The van der Waals surface area contributed by atoms with Crippen LogP contribution >= 0.6 is 0 Å². The van der Waals surface area contributed by atoms with Crippen LogP contribution in [0, 0.1) is 6.92 Å². The van der Waals surface area contributed by atoms with Gasteiger partial charge in [-0.05, 0) is 41.7 Å². The fourth-order valence-electron chi connectivity index (χ4n) is 3.31. The quantitative estimate of drug-likeness (QED) is 0.919. The van der Waals surface area contributed by atoms with Crippen LogP contribution < -0.4 is 0 Å². The van der Waals surface area contributed by atoms with Crippen molar-refractivity contribution < 1.29 is 9.59 Å². The summed E-state index contributed by atoms with van der Waals surface area (Å²) in [7, 11) is 0. The molecule has 0 bridgehead atoms. The van der Waals surface area contributed by atoms with E-state index in [2.05, 4.69) is 44.0 Å². The molecule has 2 heterocycles. The standard InChI is InChI=1S/C21H27N3O2/c1-15(2)17-7-6-16(3)18(13-17)14-20(25)23-9-11-24(12-10-23)21(26)19-5-4-8-22-19/h4-8,13,15,22H,9-12,14H2,1-3H3. The van der Waals surface area contributed by atoms with Crippen molar-refractivity contribution in [3.63, 3.8) is 0 Å². The normalized spacial score (nSPS) is 14.8. The maximum absolute atomic E-state index is 12.7. The zero-order valence-corrected chi connectivity index (χ0v) is 15.8. The maximum Gasteiger partial charge on any atom is 0.270 e. The number of carbonyl (C=O) groups excluding carboxylic acids is 2. The topological polar surface area (TPSA) is 56.4 Å². The SMILES string of the molecule is Cc1ccc(C(C)C)cc1CC(=O)N1CCN(C(=O)c2ccc[nH]2)CC1. The van der Waals surface area contributed by atoms with Gasteiger partial charge in [0.25, 0.3) is 5.91 Å². The van der Waals surface area contributed by atoms with Crippen LogP contribution in [0.25, 0.3) is 0 Å². The second-order valence-electron chi connectivity index (χ2n) is 7.27. The zero-order chi connectivity index (χ0) is 18.7. The summed E-state index contributed by atoms with van der Waals surface area (Å²) >= 11 is 0. The summed E-state index contributed by atoms with van der Waals surface area (Å²) < 4.78 is 0. The van der Waals surface area contributed by atoms with E-state index in [0.717, 1.165) is 11.1 Å². The van der Waals surface area contributed by atoms with Crippen molar-refractivity contribution in [2.24, 2.45) is 0 Å². The van der Waals surface area contributed by atoms with Gasteiger partial charge in [0.2, 0.25) is 5.91 Å². The third-order valence-electron chi connectivity index (χ3n) is 5.13. The van der Waals surface area contributed by atoms with E-state index in [-0.39, 0.29) is 11.8 Å². The predicted octanol–water partition coefficient (Wildman–Crippen LogP) is 2.97. The van der Waals surface area contributed by atoms with Crippen molar-refractivity contribution in [3.05, 3.63) is 58.9 Å². The molecule has 138 valence electrons. The van der Waals surface area contributed by atoms with E-state index in [1.807, 2.05) is 11.0 Å². The highest BCUT2D eigenvalue weighted by Crippen LogP contribution is 2.20. The van der Waals surface area contributed by atoms with E-state index in [1.54, 1.807) is 17.2 Å². The molecule has 1 aromatic carbocycles. The average Bonchev–Trinajstić information content (AvgIpc) is 3.17. The predicted molar refractivity (Wildman–Crippen MR) is 102 cm³/mol. The molecule has 0 aliphatic carbocycles. The van der Waals surface area contributed by atoms with E-state index >= 15 is 0 Å². The number of H-pyrrole nitrogens is 1. The second-order valence-corrected chi connectivity index (χ2v) is 7.27. The number of benzene rings is 1. The first-order valence-electron chi connectivity index (χ1n) is 9.25. The van der Waals surface area contributed by atoms with Gasteiger partial charge in [0, 0.05) is 32.4 Å². The van der Waals surface area contributed by atoms with Crippen LogP contribution in [-0.2, 0) is 11.2 Å². The van der Waals surface area contributed by atoms with Crippen molar-refractivity contribution >= 4 is 11.8 Å². The van der Waals surface area contributed by atoms with E-state index in [1.165, 1.54) is 5.56 Å². The van der Waals surface area contributed by atoms with Gasteiger partial charge < -0.3 is 14.8 Å². The molecule has 1 aliphatic heterocycles. The monoisotopic (exact) mass is 353 g/mol. The average molecular weight is 353 g/mol. The Bertz CT molecular complexity index is 773. The molecule has 1 aliphatic rings. The third kappa shape index (κ3) is 3.98. The van der Waals surface area contributed by atoms with Gasteiger partial charge >= 0.3 is 0 Å². The molecule has 2 amide bonds. The van der Waals surface area contributed by atoms with Gasteiger partial charge in [0.05, 0.1) is 6.42 Å². The summed E-state index contributed by atoms with van der Waals surface area (Å²) in [5.41, 5.74) is 4.13. The minimum Gasteiger partial charge on any atom is -0.357 e. The molecule has 0 saturated carbocycles. The van der Waals surface area contributed by atoms with Crippen LogP contribution in [0.2, 0.25) is 0 Å². The minimum absolute atomic E-state index is 0.00239. The number of aromatic nitrogens is 1. The van der Waals surface area contributed by atoms with Gasteiger partial charge in [-0.15, -0.1) is 0 Å². The van der Waals surface area contributed by atoms with Crippen LogP contribution in [0.4, 0.5) is 0 Å². The van der Waals surface area contributed by atoms with Gasteiger partial charge in [-0.1, -0.05) is 32.0 Å². The summed E-state index contributed by atoms with van der Waals surface area (Å²) in [6, 6.07) is 10.00. The third-order valence-corrected chi connectivity index (χ3v) is 5.13. The van der Waals surface area contributed by atoms with Crippen LogP contribution in [0.1, 0.15) is 46.9 Å². The smallest absolute Gasteiger partial charge is 0.270 e. The Kier molecular flexibility index (Phi) is 5.45. The molecule has 2 aromatic rings. The lowest BCUT2D eigenvalue weighted by molar-refractivity contribution is -0.131. The molecule has 5 heteroatoms. The first kappa shape index (κ1) is 18.2. The van der Waals surface area contributed by atoms with Gasteiger partial charge in [-0.2, -0.15) is 0 Å². The zero-order valence-electron chi connectivity index (χ0n) is 15.8. The van der Waals surface area contributed by atoms with E-state index in [4.69, 9.17) is 0 Å². The summed E-state index contributed by atoms with van der Waals surface area (Å²) in [4.78, 5) is 31.7. The maximum atomic E-state index is 12.7. The molecule has 3 rings (SSSR count). The number of piperazine rings is 1. The Morgan fingerprint density at radius 3 is 2.38 bits per heavy atom. The van der Waals surface area contributed by atoms with Crippen LogP contribution in [0.15, 0.2) is 36.5 Å². The molecule has 1 saturated heterocycles. The highest BCUT2D eigenvalue weighted by molar-refractivity contribution is 5.92. The molecule has 0 spiro atoms. The fourth-order valence-corrected chi connectivity index (χ4v) is 3.31. The Hall–Kier alpha value is -2.56. The lowest BCUT2D eigenvalue weighted by atomic mass is 9.96. The Balaban J connectivity index is 1.59. The molecule has 1 fully saturated rings. The van der Waals surface area contributed by atoms with Gasteiger partial charge in [-0.25, -0.2) is 0 Å². The van der Waals surface area contributed by atoms with Gasteiger partial charge in [0.1, 0.15) is 5.69 Å². The number of amides is 2. The lowest BCUT2D eigenvalue weighted by Gasteiger charge is -2.34. The van der Waals surface area contributed by atoms with Crippen molar-refractivity contribution in [3.8, 4) is 0 Å². The van der Waals surface area contributed by atoms with Crippen LogP contribution in [0.3, 0.4) is 0 Å². The van der Waals surface area contributed by atoms with Crippen LogP contribution in [-0.4, -0.2) is 52.8 Å². The number of hydrogen-bond donors (Lipinski definition) is 1. The Morgan fingerprint density at radius 2 is 1.77 bits per heavy atom. The summed E-state index contributed by atoms with van der Waals surface area (Å²) in [6.45, 7) is 8.72. The van der Waals surface area contributed by atoms with E-state index in [0.29, 0.717) is 44.2 Å². The van der Waals surface area contributed by atoms with E-state index < -0.39 is 0 Å². The van der Waals surface area contributed by atoms with Crippen molar-refractivity contribution in [2.75, 3.05) is 26.2 Å². The number of nitrogens with zero attached hydrogens (tertiary/aromatic N) is 2. The van der Waals surface area contributed by atoms with Gasteiger partial charge in [0.15, 0.2) is 0 Å². The number of rotatable bonds is 4. The number of aryl methyl sites for hydroxylation is 1. The molecule has 0 atom stereocenters. The lowest BCUT2D eigenvalue weighted by Crippen LogP contribution is -2.51. The first-order valence-corrected chi connectivity index (χ1v) is 9.25. The molecular formula is C21H27N3O2. The molecule has 5 nitrogen and oxygen atoms in total. The highest BCUT2D eigenvalue weighted by Gasteiger charge is 2.25. The van der Waals surface area contributed by atoms with E-state index in [9.17, 15) is 9.59 Å². The fraction of sp³-hybridized carbons (Fsp3) is 0.429. The number of aromatic amines is 1. The van der Waals surface area contributed by atoms with Crippen molar-refractivity contribution in [1.82, 2.24) is 14.8 Å². The number of hydrogen-bond acceptors (Lipinski definition) is 2. The largest absolute Gasteiger partial charge is 0.357 e. The molecule has 26 heavy (non-hydrogen) atoms. The Labute approximate surface area is 155 Å².